The van der Waals surface area contributed by atoms with Crippen LogP contribution in [-0.2, 0) is 0 Å². The molecule has 15 heavy (non-hydrogen) atoms. The lowest BCUT2D eigenvalue weighted by Gasteiger charge is -2.36. The molecule has 0 amide bonds. The zero-order chi connectivity index (χ0) is 11.1. The number of hydrogen-bond donors (Lipinski definition) is 1. The summed E-state index contributed by atoms with van der Waals surface area (Å²) in [7, 11) is 2.33. The average molecular weight is 210 g/mol. The molecule has 2 fully saturated rings. The minimum Gasteiger partial charge on any atom is -0.312 e. The molecule has 2 aliphatic carbocycles. The van der Waals surface area contributed by atoms with Crippen molar-refractivity contribution in [3.63, 3.8) is 0 Å². The summed E-state index contributed by atoms with van der Waals surface area (Å²) in [5.41, 5.74) is 0.476. The van der Waals surface area contributed by atoms with E-state index in [-0.39, 0.29) is 0 Å². The zero-order valence-electron chi connectivity index (χ0n) is 10.7. The monoisotopic (exact) mass is 210 g/mol. The minimum absolute atomic E-state index is 0.476. The quantitative estimate of drug-likeness (QED) is 0.765. The van der Waals surface area contributed by atoms with Crippen molar-refractivity contribution in [2.45, 2.75) is 64.6 Å². The van der Waals surface area contributed by atoms with Crippen LogP contribution in [-0.4, -0.2) is 36.6 Å². The van der Waals surface area contributed by atoms with Crippen molar-refractivity contribution in [2.24, 2.45) is 5.41 Å². The molecular formula is C13H26N2. The SMILES string of the molecule is CCNC1C(N(C)C2CC2)CCC1(C)C. The molecule has 2 saturated carbocycles. The van der Waals surface area contributed by atoms with Crippen LogP contribution in [0, 0.1) is 5.41 Å². The molecule has 0 aromatic heterocycles. The summed E-state index contributed by atoms with van der Waals surface area (Å²) in [6.07, 6.45) is 5.59. The fraction of sp³-hybridized carbons (Fsp3) is 1.00. The van der Waals surface area contributed by atoms with E-state index in [4.69, 9.17) is 0 Å². The number of rotatable bonds is 4. The zero-order valence-corrected chi connectivity index (χ0v) is 10.7. The Morgan fingerprint density at radius 1 is 1.27 bits per heavy atom. The molecular weight excluding hydrogens is 184 g/mol. The smallest absolute Gasteiger partial charge is 0.0274 e. The molecule has 1 N–H and O–H groups in total. The van der Waals surface area contributed by atoms with Gasteiger partial charge in [0.25, 0.3) is 0 Å². The highest BCUT2D eigenvalue weighted by Crippen LogP contribution is 2.42. The van der Waals surface area contributed by atoms with Gasteiger partial charge in [0, 0.05) is 18.1 Å². The molecule has 0 heterocycles. The fourth-order valence-electron chi connectivity index (χ4n) is 3.19. The Kier molecular flexibility index (Phi) is 3.09. The highest BCUT2D eigenvalue weighted by atomic mass is 15.2. The lowest BCUT2D eigenvalue weighted by atomic mass is 9.86. The van der Waals surface area contributed by atoms with E-state index in [1.165, 1.54) is 25.7 Å². The third kappa shape index (κ3) is 2.21. The van der Waals surface area contributed by atoms with E-state index in [1.807, 2.05) is 0 Å². The maximum Gasteiger partial charge on any atom is 0.0274 e. The molecule has 0 aromatic carbocycles. The van der Waals surface area contributed by atoms with E-state index in [0.717, 1.165) is 18.6 Å². The summed E-state index contributed by atoms with van der Waals surface area (Å²) in [4.78, 5) is 2.64. The van der Waals surface area contributed by atoms with Gasteiger partial charge in [-0.1, -0.05) is 20.8 Å². The van der Waals surface area contributed by atoms with Gasteiger partial charge < -0.3 is 5.32 Å². The minimum atomic E-state index is 0.476. The lowest BCUT2D eigenvalue weighted by molar-refractivity contribution is 0.166. The highest BCUT2D eigenvalue weighted by molar-refractivity contribution is 5.02. The Labute approximate surface area is 94.4 Å². The normalized spacial score (nSPS) is 35.0. The van der Waals surface area contributed by atoms with Gasteiger partial charge in [0.15, 0.2) is 0 Å². The van der Waals surface area contributed by atoms with Gasteiger partial charge in [0.05, 0.1) is 0 Å². The van der Waals surface area contributed by atoms with Crippen LogP contribution in [0.3, 0.4) is 0 Å². The molecule has 0 spiro atoms. The second-order valence-electron chi connectivity index (χ2n) is 6.03. The van der Waals surface area contributed by atoms with Crippen molar-refractivity contribution in [3.05, 3.63) is 0 Å². The molecule has 88 valence electrons. The van der Waals surface area contributed by atoms with Crippen molar-refractivity contribution in [3.8, 4) is 0 Å². The highest BCUT2D eigenvalue weighted by Gasteiger charge is 2.45. The lowest BCUT2D eigenvalue weighted by Crippen LogP contribution is -2.51. The van der Waals surface area contributed by atoms with Crippen molar-refractivity contribution in [1.29, 1.82) is 0 Å². The van der Waals surface area contributed by atoms with E-state index >= 15 is 0 Å². The van der Waals surface area contributed by atoms with Crippen molar-refractivity contribution >= 4 is 0 Å². The molecule has 2 rings (SSSR count). The van der Waals surface area contributed by atoms with Crippen LogP contribution in [0.15, 0.2) is 0 Å². The van der Waals surface area contributed by atoms with Crippen molar-refractivity contribution in [2.75, 3.05) is 13.6 Å². The van der Waals surface area contributed by atoms with Gasteiger partial charge in [0.2, 0.25) is 0 Å². The number of nitrogens with one attached hydrogen (secondary N) is 1. The molecule has 2 heteroatoms. The van der Waals surface area contributed by atoms with Gasteiger partial charge in [-0.15, -0.1) is 0 Å². The van der Waals surface area contributed by atoms with Gasteiger partial charge in [-0.2, -0.15) is 0 Å². The first-order chi connectivity index (χ1) is 7.06. The van der Waals surface area contributed by atoms with E-state index in [2.05, 4.69) is 38.0 Å². The van der Waals surface area contributed by atoms with Gasteiger partial charge in [-0.05, 0) is 44.7 Å². The number of nitrogens with zero attached hydrogens (tertiary/aromatic N) is 1. The van der Waals surface area contributed by atoms with E-state index < -0.39 is 0 Å². The molecule has 2 atom stereocenters. The number of likely N-dealkylation sites (N-methyl/N-ethyl adjacent to an activating group) is 2. The van der Waals surface area contributed by atoms with Crippen LogP contribution in [0.2, 0.25) is 0 Å². The average Bonchev–Trinajstić information content (AvgIpc) is 2.95. The van der Waals surface area contributed by atoms with Crippen LogP contribution in [0.25, 0.3) is 0 Å². The topological polar surface area (TPSA) is 15.3 Å². The van der Waals surface area contributed by atoms with Crippen LogP contribution in [0.5, 0.6) is 0 Å². The molecule has 0 aromatic rings. The first kappa shape index (κ1) is 11.4. The standard InChI is InChI=1S/C13H26N2/c1-5-14-12-11(8-9-13(12,2)3)15(4)10-6-7-10/h10-12,14H,5-9H2,1-4H3. The van der Waals surface area contributed by atoms with E-state index in [9.17, 15) is 0 Å². The Bertz CT molecular complexity index is 221. The molecule has 0 bridgehead atoms. The van der Waals surface area contributed by atoms with E-state index in [0.29, 0.717) is 11.5 Å². The number of hydrogen-bond acceptors (Lipinski definition) is 2. The summed E-state index contributed by atoms with van der Waals surface area (Å²) >= 11 is 0. The van der Waals surface area contributed by atoms with Gasteiger partial charge >= 0.3 is 0 Å². The Balaban J connectivity index is 2.03. The summed E-state index contributed by atoms with van der Waals surface area (Å²) in [6, 6.07) is 2.35. The predicted molar refractivity (Wildman–Crippen MR) is 65.1 cm³/mol. The maximum absolute atomic E-state index is 3.71. The summed E-state index contributed by atoms with van der Waals surface area (Å²) in [5.74, 6) is 0. The fourth-order valence-corrected chi connectivity index (χ4v) is 3.19. The second-order valence-corrected chi connectivity index (χ2v) is 6.03. The van der Waals surface area contributed by atoms with Crippen molar-refractivity contribution in [1.82, 2.24) is 10.2 Å². The van der Waals surface area contributed by atoms with Crippen LogP contribution in [0.4, 0.5) is 0 Å². The summed E-state index contributed by atoms with van der Waals surface area (Å²) in [5, 5.41) is 3.71. The van der Waals surface area contributed by atoms with Gasteiger partial charge in [-0.3, -0.25) is 4.90 Å². The molecule has 2 unspecified atom stereocenters. The first-order valence-corrected chi connectivity index (χ1v) is 6.51. The van der Waals surface area contributed by atoms with E-state index in [1.54, 1.807) is 0 Å². The Morgan fingerprint density at radius 3 is 2.47 bits per heavy atom. The second kappa shape index (κ2) is 4.06. The predicted octanol–water partition coefficient (Wildman–Crippen LogP) is 2.25. The molecule has 0 aliphatic heterocycles. The van der Waals surface area contributed by atoms with Crippen LogP contribution < -0.4 is 5.32 Å². The Hall–Kier alpha value is -0.0800. The maximum atomic E-state index is 3.71. The molecule has 2 aliphatic rings. The van der Waals surface area contributed by atoms with Crippen molar-refractivity contribution < 1.29 is 0 Å². The first-order valence-electron chi connectivity index (χ1n) is 6.51. The third-order valence-electron chi connectivity index (χ3n) is 4.38. The third-order valence-corrected chi connectivity index (χ3v) is 4.38. The van der Waals surface area contributed by atoms with Gasteiger partial charge in [-0.25, -0.2) is 0 Å². The molecule has 0 radical (unpaired) electrons. The molecule has 2 nitrogen and oxygen atoms in total. The summed E-state index contributed by atoms with van der Waals surface area (Å²) in [6.45, 7) is 8.16. The summed E-state index contributed by atoms with van der Waals surface area (Å²) < 4.78 is 0. The van der Waals surface area contributed by atoms with Crippen LogP contribution >= 0.6 is 0 Å². The largest absolute Gasteiger partial charge is 0.312 e. The molecule has 0 saturated heterocycles. The van der Waals surface area contributed by atoms with Crippen LogP contribution in [0.1, 0.15) is 46.5 Å². The Morgan fingerprint density at radius 2 is 1.93 bits per heavy atom. The van der Waals surface area contributed by atoms with Gasteiger partial charge in [0.1, 0.15) is 0 Å².